The minimum atomic E-state index is 0.259. The van der Waals surface area contributed by atoms with E-state index in [-0.39, 0.29) is 6.04 Å². The van der Waals surface area contributed by atoms with Crippen LogP contribution in [0.15, 0.2) is 47.1 Å². The molecule has 0 saturated carbocycles. The van der Waals surface area contributed by atoms with Crippen molar-refractivity contribution in [2.24, 2.45) is 0 Å². The third kappa shape index (κ3) is 3.90. The molecule has 2 aromatic rings. The summed E-state index contributed by atoms with van der Waals surface area (Å²) >= 11 is 3.64. The lowest BCUT2D eigenvalue weighted by Gasteiger charge is -2.20. The molecule has 0 amide bonds. The highest BCUT2D eigenvalue weighted by molar-refractivity contribution is 9.10. The van der Waals surface area contributed by atoms with Crippen LogP contribution in [0.5, 0.6) is 0 Å². The molecule has 0 spiro atoms. The maximum atomic E-state index is 4.58. The van der Waals surface area contributed by atoms with E-state index in [2.05, 4.69) is 64.3 Å². The summed E-state index contributed by atoms with van der Waals surface area (Å²) in [6, 6.07) is 12.8. The van der Waals surface area contributed by atoms with Crippen LogP contribution in [0, 0.1) is 6.92 Å². The van der Waals surface area contributed by atoms with E-state index >= 15 is 0 Å². The number of halogens is 1. The van der Waals surface area contributed by atoms with Gasteiger partial charge in [0.2, 0.25) is 0 Å². The van der Waals surface area contributed by atoms with Crippen molar-refractivity contribution in [1.82, 2.24) is 10.3 Å². The minimum Gasteiger partial charge on any atom is -0.308 e. The summed E-state index contributed by atoms with van der Waals surface area (Å²) in [5.74, 6) is 0. The standard InChI is InChI=1S/C17H21BrN2/c1-3-10-19-16(17-13(2)7-6-11-20-17)12-14-8-4-5-9-15(14)18/h4-9,11,16,19H,3,10,12H2,1-2H3. The van der Waals surface area contributed by atoms with Crippen molar-refractivity contribution in [2.45, 2.75) is 32.7 Å². The Bertz CT molecular complexity index is 554. The Hall–Kier alpha value is -1.19. The van der Waals surface area contributed by atoms with Gasteiger partial charge >= 0.3 is 0 Å². The van der Waals surface area contributed by atoms with Crippen LogP contribution in [0.4, 0.5) is 0 Å². The number of nitrogens with one attached hydrogen (secondary N) is 1. The van der Waals surface area contributed by atoms with Gasteiger partial charge in [0, 0.05) is 10.7 Å². The Labute approximate surface area is 129 Å². The highest BCUT2D eigenvalue weighted by Gasteiger charge is 2.16. The molecule has 0 aliphatic carbocycles. The summed E-state index contributed by atoms with van der Waals surface area (Å²) in [5, 5.41) is 3.62. The smallest absolute Gasteiger partial charge is 0.0605 e. The van der Waals surface area contributed by atoms with Crippen molar-refractivity contribution >= 4 is 15.9 Å². The van der Waals surface area contributed by atoms with Gasteiger partial charge in [-0.15, -0.1) is 0 Å². The zero-order valence-electron chi connectivity index (χ0n) is 12.1. The van der Waals surface area contributed by atoms with Crippen molar-refractivity contribution in [3.8, 4) is 0 Å². The van der Waals surface area contributed by atoms with Gasteiger partial charge in [-0.25, -0.2) is 0 Å². The van der Waals surface area contributed by atoms with Crippen LogP contribution in [0.2, 0.25) is 0 Å². The number of aryl methyl sites for hydroxylation is 1. The highest BCUT2D eigenvalue weighted by Crippen LogP contribution is 2.24. The maximum Gasteiger partial charge on any atom is 0.0605 e. The number of hydrogen-bond acceptors (Lipinski definition) is 2. The molecule has 0 aliphatic rings. The van der Waals surface area contributed by atoms with Gasteiger partial charge in [-0.3, -0.25) is 4.98 Å². The van der Waals surface area contributed by atoms with Crippen LogP contribution < -0.4 is 5.32 Å². The normalized spacial score (nSPS) is 12.3. The zero-order valence-corrected chi connectivity index (χ0v) is 13.7. The average molecular weight is 333 g/mol. The topological polar surface area (TPSA) is 24.9 Å². The lowest BCUT2D eigenvalue weighted by molar-refractivity contribution is 0.515. The van der Waals surface area contributed by atoms with E-state index in [4.69, 9.17) is 0 Å². The molecule has 0 bridgehead atoms. The van der Waals surface area contributed by atoms with Gasteiger partial charge in [0.1, 0.15) is 0 Å². The molecule has 1 aromatic heterocycles. The fourth-order valence-electron chi connectivity index (χ4n) is 2.33. The Morgan fingerprint density at radius 3 is 2.70 bits per heavy atom. The van der Waals surface area contributed by atoms with Gasteiger partial charge < -0.3 is 5.32 Å². The third-order valence-corrected chi connectivity index (χ3v) is 4.18. The first-order valence-corrected chi connectivity index (χ1v) is 7.90. The summed E-state index contributed by atoms with van der Waals surface area (Å²) in [6.45, 7) is 5.32. The Morgan fingerprint density at radius 1 is 1.20 bits per heavy atom. The average Bonchev–Trinajstić information content (AvgIpc) is 2.46. The van der Waals surface area contributed by atoms with E-state index in [1.807, 2.05) is 18.3 Å². The van der Waals surface area contributed by atoms with Crippen molar-refractivity contribution < 1.29 is 0 Å². The summed E-state index contributed by atoms with van der Waals surface area (Å²) < 4.78 is 1.16. The third-order valence-electron chi connectivity index (χ3n) is 3.40. The van der Waals surface area contributed by atoms with Gasteiger partial charge in [0.25, 0.3) is 0 Å². The summed E-state index contributed by atoms with van der Waals surface area (Å²) in [7, 11) is 0. The van der Waals surface area contributed by atoms with Crippen molar-refractivity contribution in [1.29, 1.82) is 0 Å². The van der Waals surface area contributed by atoms with Gasteiger partial charge in [-0.1, -0.05) is 47.1 Å². The molecule has 0 fully saturated rings. The van der Waals surface area contributed by atoms with E-state index < -0.39 is 0 Å². The second kappa shape index (κ2) is 7.55. The number of aromatic nitrogens is 1. The first-order chi connectivity index (χ1) is 9.72. The molecular weight excluding hydrogens is 312 g/mol. The molecule has 20 heavy (non-hydrogen) atoms. The number of benzene rings is 1. The second-order valence-corrected chi connectivity index (χ2v) is 5.86. The summed E-state index contributed by atoms with van der Waals surface area (Å²) in [5.41, 5.74) is 3.70. The Morgan fingerprint density at radius 2 is 2.00 bits per heavy atom. The van der Waals surface area contributed by atoms with Crippen molar-refractivity contribution in [2.75, 3.05) is 6.54 Å². The molecule has 0 radical (unpaired) electrons. The van der Waals surface area contributed by atoms with Crippen molar-refractivity contribution in [3.05, 3.63) is 63.9 Å². The van der Waals surface area contributed by atoms with Gasteiger partial charge in [0.15, 0.2) is 0 Å². The molecule has 1 heterocycles. The van der Waals surface area contributed by atoms with E-state index in [1.54, 1.807) is 0 Å². The van der Waals surface area contributed by atoms with Crippen LogP contribution in [-0.4, -0.2) is 11.5 Å². The van der Waals surface area contributed by atoms with Crippen LogP contribution in [0.1, 0.15) is 36.2 Å². The number of pyridine rings is 1. The molecule has 0 aliphatic heterocycles. The van der Waals surface area contributed by atoms with Gasteiger partial charge in [0.05, 0.1) is 11.7 Å². The van der Waals surface area contributed by atoms with Gasteiger partial charge in [-0.05, 0) is 49.6 Å². The quantitative estimate of drug-likeness (QED) is 0.846. The van der Waals surface area contributed by atoms with Crippen LogP contribution >= 0.6 is 15.9 Å². The molecule has 2 rings (SSSR count). The maximum absolute atomic E-state index is 4.58. The van der Waals surface area contributed by atoms with E-state index in [1.165, 1.54) is 11.1 Å². The fraction of sp³-hybridized carbons (Fsp3) is 0.353. The molecule has 1 N–H and O–H groups in total. The molecule has 106 valence electrons. The zero-order chi connectivity index (χ0) is 14.4. The molecule has 0 saturated heterocycles. The number of nitrogens with zero attached hydrogens (tertiary/aromatic N) is 1. The molecule has 1 unspecified atom stereocenters. The monoisotopic (exact) mass is 332 g/mol. The molecule has 1 atom stereocenters. The molecule has 2 nitrogen and oxygen atoms in total. The Kier molecular flexibility index (Phi) is 5.74. The molecule has 3 heteroatoms. The highest BCUT2D eigenvalue weighted by atomic mass is 79.9. The first kappa shape index (κ1) is 15.2. The summed E-state index contributed by atoms with van der Waals surface area (Å²) in [6.07, 6.45) is 3.95. The largest absolute Gasteiger partial charge is 0.308 e. The first-order valence-electron chi connectivity index (χ1n) is 7.10. The molecule has 1 aromatic carbocycles. The van der Waals surface area contributed by atoms with Gasteiger partial charge in [-0.2, -0.15) is 0 Å². The van der Waals surface area contributed by atoms with Crippen molar-refractivity contribution in [3.63, 3.8) is 0 Å². The van der Waals surface area contributed by atoms with E-state index in [0.29, 0.717) is 0 Å². The predicted molar refractivity (Wildman–Crippen MR) is 87.9 cm³/mol. The van der Waals surface area contributed by atoms with E-state index in [9.17, 15) is 0 Å². The Balaban J connectivity index is 2.24. The summed E-state index contributed by atoms with van der Waals surface area (Å²) in [4.78, 5) is 4.58. The lowest BCUT2D eigenvalue weighted by atomic mass is 10.00. The number of rotatable bonds is 6. The SMILES string of the molecule is CCCNC(Cc1ccccc1Br)c1ncccc1C. The van der Waals surface area contributed by atoms with Crippen LogP contribution in [0.3, 0.4) is 0 Å². The second-order valence-electron chi connectivity index (χ2n) is 5.01. The predicted octanol–water partition coefficient (Wildman–Crippen LogP) is 4.44. The van der Waals surface area contributed by atoms with E-state index in [0.717, 1.165) is 29.6 Å². The van der Waals surface area contributed by atoms with Crippen LogP contribution in [0.25, 0.3) is 0 Å². The fourth-order valence-corrected chi connectivity index (χ4v) is 2.78. The minimum absolute atomic E-state index is 0.259. The lowest BCUT2D eigenvalue weighted by Crippen LogP contribution is -2.25. The van der Waals surface area contributed by atoms with Crippen LogP contribution in [-0.2, 0) is 6.42 Å². The number of hydrogen-bond donors (Lipinski definition) is 1. The molecular formula is C17H21BrN2.